The number of hydrogen-bond donors (Lipinski definition) is 2. The molecule has 2 N–H and O–H groups in total. The molecule has 0 spiro atoms. The largest absolute Gasteiger partial charge is 0.508 e. The van der Waals surface area contributed by atoms with Crippen LogP contribution in [0.4, 0.5) is 0 Å². The quantitative estimate of drug-likeness (QED) is 0.813. The van der Waals surface area contributed by atoms with Crippen LogP contribution in [-0.2, 0) is 6.54 Å². The number of rotatable bonds is 6. The number of benzene rings is 1. The van der Waals surface area contributed by atoms with E-state index in [2.05, 4.69) is 28.5 Å². The maximum atomic E-state index is 9.57. The van der Waals surface area contributed by atoms with Gasteiger partial charge in [-0.25, -0.2) is 0 Å². The summed E-state index contributed by atoms with van der Waals surface area (Å²) in [5.41, 5.74) is 1.24. The van der Waals surface area contributed by atoms with E-state index >= 15 is 0 Å². The first-order chi connectivity index (χ1) is 12.6. The number of nitrogens with zero attached hydrogens (tertiary/aromatic N) is 3. The second-order valence-electron chi connectivity index (χ2n) is 8.17. The highest BCUT2D eigenvalue weighted by molar-refractivity contribution is 5.25. The van der Waals surface area contributed by atoms with Crippen molar-refractivity contribution in [1.29, 1.82) is 0 Å². The van der Waals surface area contributed by atoms with E-state index in [0.717, 1.165) is 32.6 Å². The molecule has 1 aromatic carbocycles. The first kappa shape index (κ1) is 19.6. The molecule has 0 bridgehead atoms. The zero-order valence-electron chi connectivity index (χ0n) is 16.3. The molecule has 5 nitrogen and oxygen atoms in total. The van der Waals surface area contributed by atoms with E-state index in [1.807, 2.05) is 12.1 Å². The average Bonchev–Trinajstić information content (AvgIpc) is 2.64. The minimum atomic E-state index is 0.263. The van der Waals surface area contributed by atoms with Gasteiger partial charge in [0, 0.05) is 50.9 Å². The zero-order valence-corrected chi connectivity index (χ0v) is 16.3. The van der Waals surface area contributed by atoms with E-state index in [9.17, 15) is 10.2 Å². The van der Waals surface area contributed by atoms with E-state index in [4.69, 9.17) is 0 Å². The van der Waals surface area contributed by atoms with Gasteiger partial charge in [-0.15, -0.1) is 0 Å². The van der Waals surface area contributed by atoms with Gasteiger partial charge in [0.15, 0.2) is 0 Å². The Hall–Kier alpha value is -1.14. The highest BCUT2D eigenvalue weighted by atomic mass is 16.3. The molecular weight excluding hydrogens is 326 g/mol. The normalized spacial score (nSPS) is 24.4. The van der Waals surface area contributed by atoms with Gasteiger partial charge in [-0.1, -0.05) is 12.1 Å². The molecule has 3 rings (SSSR count). The van der Waals surface area contributed by atoms with Crippen LogP contribution in [0.25, 0.3) is 0 Å². The lowest BCUT2D eigenvalue weighted by Crippen LogP contribution is -2.58. The summed E-state index contributed by atoms with van der Waals surface area (Å²) >= 11 is 0. The molecule has 2 saturated heterocycles. The van der Waals surface area contributed by atoms with Gasteiger partial charge in [0.05, 0.1) is 0 Å². The molecule has 2 aliphatic rings. The average molecular weight is 362 g/mol. The second-order valence-corrected chi connectivity index (χ2v) is 8.17. The predicted octanol–water partition coefficient (Wildman–Crippen LogP) is 2.13. The van der Waals surface area contributed by atoms with Crippen molar-refractivity contribution in [2.45, 2.75) is 57.8 Å². The SMILES string of the molecule is CC(C)N1CCC(N2CCN(Cc3ccc(O)cc3)C[C@@H]2CCO)CC1. The van der Waals surface area contributed by atoms with Crippen molar-refractivity contribution < 1.29 is 10.2 Å². The van der Waals surface area contributed by atoms with Crippen molar-refractivity contribution in [2.75, 3.05) is 39.3 Å². The van der Waals surface area contributed by atoms with Gasteiger partial charge in [0.25, 0.3) is 0 Å². The number of piperidine rings is 1. The second kappa shape index (κ2) is 9.18. The fourth-order valence-corrected chi connectivity index (χ4v) is 4.56. The van der Waals surface area contributed by atoms with Crippen LogP contribution in [0.2, 0.25) is 0 Å². The fraction of sp³-hybridized carbons (Fsp3) is 0.714. The minimum Gasteiger partial charge on any atom is -0.508 e. The lowest BCUT2D eigenvalue weighted by molar-refractivity contribution is -0.0000332. The Morgan fingerprint density at radius 1 is 1.04 bits per heavy atom. The molecular formula is C21H35N3O2. The molecule has 146 valence electrons. The van der Waals surface area contributed by atoms with Crippen molar-refractivity contribution >= 4 is 0 Å². The predicted molar refractivity (Wildman–Crippen MR) is 105 cm³/mol. The Balaban J connectivity index is 1.57. The Labute approximate surface area is 158 Å². The maximum Gasteiger partial charge on any atom is 0.115 e. The van der Waals surface area contributed by atoms with Crippen LogP contribution in [0.5, 0.6) is 5.75 Å². The molecule has 0 saturated carbocycles. The lowest BCUT2D eigenvalue weighted by atomic mass is 9.97. The van der Waals surface area contributed by atoms with Gasteiger partial charge >= 0.3 is 0 Å². The summed E-state index contributed by atoms with van der Waals surface area (Å²) in [6.07, 6.45) is 3.35. The summed E-state index contributed by atoms with van der Waals surface area (Å²) < 4.78 is 0. The van der Waals surface area contributed by atoms with Gasteiger partial charge in [0.2, 0.25) is 0 Å². The van der Waals surface area contributed by atoms with Gasteiger partial charge < -0.3 is 15.1 Å². The maximum absolute atomic E-state index is 9.57. The summed E-state index contributed by atoms with van der Waals surface area (Å²) in [5, 5.41) is 19.0. The summed E-state index contributed by atoms with van der Waals surface area (Å²) in [6.45, 7) is 11.3. The number of likely N-dealkylation sites (tertiary alicyclic amines) is 1. The third-order valence-corrected chi connectivity index (χ3v) is 6.12. The van der Waals surface area contributed by atoms with Gasteiger partial charge in [0.1, 0.15) is 5.75 Å². The van der Waals surface area contributed by atoms with Gasteiger partial charge in [-0.2, -0.15) is 0 Å². The molecule has 2 fully saturated rings. The molecule has 0 unspecified atom stereocenters. The third-order valence-electron chi connectivity index (χ3n) is 6.12. The molecule has 2 heterocycles. The van der Waals surface area contributed by atoms with Crippen LogP contribution in [0, 0.1) is 0 Å². The Morgan fingerprint density at radius 3 is 2.35 bits per heavy atom. The first-order valence-electron chi connectivity index (χ1n) is 10.2. The molecule has 1 aromatic rings. The van der Waals surface area contributed by atoms with Crippen molar-refractivity contribution in [2.24, 2.45) is 0 Å². The molecule has 0 aromatic heterocycles. The monoisotopic (exact) mass is 361 g/mol. The molecule has 2 aliphatic heterocycles. The van der Waals surface area contributed by atoms with Gasteiger partial charge in [-0.05, 0) is 63.9 Å². The highest BCUT2D eigenvalue weighted by Gasteiger charge is 2.33. The lowest BCUT2D eigenvalue weighted by Gasteiger charge is -2.48. The van der Waals surface area contributed by atoms with Crippen LogP contribution >= 0.6 is 0 Å². The topological polar surface area (TPSA) is 50.2 Å². The van der Waals surface area contributed by atoms with Crippen LogP contribution < -0.4 is 0 Å². The van der Waals surface area contributed by atoms with Crippen LogP contribution in [0.3, 0.4) is 0 Å². The van der Waals surface area contributed by atoms with E-state index in [0.29, 0.717) is 23.9 Å². The molecule has 1 atom stereocenters. The van der Waals surface area contributed by atoms with Crippen LogP contribution in [0.1, 0.15) is 38.7 Å². The van der Waals surface area contributed by atoms with E-state index in [1.165, 1.54) is 31.5 Å². The standard InChI is InChI=1S/C21H35N3O2/c1-17(2)23-10-7-19(8-11-23)24-13-12-22(16-20(24)9-14-25)15-18-3-5-21(26)6-4-18/h3-6,17,19-20,25-26H,7-16H2,1-2H3/t20-/m0/s1. The Morgan fingerprint density at radius 2 is 1.73 bits per heavy atom. The smallest absolute Gasteiger partial charge is 0.115 e. The molecule has 0 aliphatic carbocycles. The Bertz CT molecular complexity index is 541. The minimum absolute atomic E-state index is 0.263. The number of phenols is 1. The first-order valence-corrected chi connectivity index (χ1v) is 10.2. The van der Waals surface area contributed by atoms with Gasteiger partial charge in [-0.3, -0.25) is 9.80 Å². The number of hydrogen-bond acceptors (Lipinski definition) is 5. The molecule has 5 heteroatoms. The molecule has 26 heavy (non-hydrogen) atoms. The number of aromatic hydroxyl groups is 1. The highest BCUT2D eigenvalue weighted by Crippen LogP contribution is 2.25. The van der Waals surface area contributed by atoms with E-state index in [1.54, 1.807) is 12.1 Å². The van der Waals surface area contributed by atoms with Crippen molar-refractivity contribution in [3.05, 3.63) is 29.8 Å². The summed E-state index contributed by atoms with van der Waals surface area (Å²) in [4.78, 5) is 7.76. The van der Waals surface area contributed by atoms with Crippen LogP contribution in [-0.4, -0.2) is 82.4 Å². The van der Waals surface area contributed by atoms with E-state index in [-0.39, 0.29) is 6.61 Å². The molecule has 0 radical (unpaired) electrons. The molecule has 0 amide bonds. The van der Waals surface area contributed by atoms with Crippen LogP contribution in [0.15, 0.2) is 24.3 Å². The number of aliphatic hydroxyl groups excluding tert-OH is 1. The summed E-state index contributed by atoms with van der Waals surface area (Å²) in [5.74, 6) is 0.324. The summed E-state index contributed by atoms with van der Waals surface area (Å²) in [7, 11) is 0. The van der Waals surface area contributed by atoms with E-state index < -0.39 is 0 Å². The summed E-state index contributed by atoms with van der Waals surface area (Å²) in [6, 6.07) is 9.29. The third kappa shape index (κ3) is 4.97. The van der Waals surface area contributed by atoms with Crippen molar-refractivity contribution in [3.8, 4) is 5.75 Å². The Kier molecular flexibility index (Phi) is 6.92. The zero-order chi connectivity index (χ0) is 18.5. The van der Waals surface area contributed by atoms with Crippen molar-refractivity contribution in [3.63, 3.8) is 0 Å². The fourth-order valence-electron chi connectivity index (χ4n) is 4.56. The number of piperazine rings is 1. The number of aliphatic hydroxyl groups is 1. The number of phenolic OH excluding ortho intramolecular Hbond substituents is 1. The van der Waals surface area contributed by atoms with Crippen molar-refractivity contribution in [1.82, 2.24) is 14.7 Å².